The molecule has 0 atom stereocenters. The Labute approximate surface area is 98.7 Å². The van der Waals surface area contributed by atoms with Gasteiger partial charge in [-0.15, -0.1) is 0 Å². The quantitative estimate of drug-likeness (QED) is 0.430. The zero-order valence-corrected chi connectivity index (χ0v) is 9.27. The molecule has 5 nitrogen and oxygen atoms in total. The molecule has 0 heterocycles. The van der Waals surface area contributed by atoms with E-state index in [4.69, 9.17) is 5.73 Å². The summed E-state index contributed by atoms with van der Waals surface area (Å²) >= 11 is 0. The Kier molecular flexibility index (Phi) is 3.18. The highest BCUT2D eigenvalue weighted by Gasteiger charge is 2.10. The molecule has 1 aromatic carbocycles. The van der Waals surface area contributed by atoms with Crippen molar-refractivity contribution in [3.05, 3.63) is 34.9 Å². The van der Waals surface area contributed by atoms with Crippen molar-refractivity contribution in [3.8, 4) is 0 Å². The number of carbonyl (C=O) groups is 2. The summed E-state index contributed by atoms with van der Waals surface area (Å²) < 4.78 is 0. The van der Waals surface area contributed by atoms with E-state index < -0.39 is 11.8 Å². The van der Waals surface area contributed by atoms with Crippen molar-refractivity contribution in [1.82, 2.24) is 5.43 Å². The van der Waals surface area contributed by atoms with Gasteiger partial charge in [0.25, 0.3) is 0 Å². The molecule has 0 aromatic heterocycles. The van der Waals surface area contributed by atoms with Gasteiger partial charge in [-0.05, 0) is 42.0 Å². The van der Waals surface area contributed by atoms with Crippen LogP contribution in [-0.2, 0) is 22.4 Å². The Morgan fingerprint density at radius 1 is 1.29 bits per heavy atom. The van der Waals surface area contributed by atoms with Crippen LogP contribution in [-0.4, -0.2) is 18.0 Å². The van der Waals surface area contributed by atoms with Gasteiger partial charge in [-0.1, -0.05) is 12.1 Å². The molecular weight excluding hydrogens is 218 g/mol. The van der Waals surface area contributed by atoms with Gasteiger partial charge in [-0.3, -0.25) is 9.59 Å². The molecule has 2 rings (SSSR count). The number of benzene rings is 1. The molecule has 2 amide bonds. The van der Waals surface area contributed by atoms with Gasteiger partial charge in [0, 0.05) is 0 Å². The van der Waals surface area contributed by atoms with Crippen LogP contribution in [0.15, 0.2) is 23.3 Å². The first-order valence-electron chi connectivity index (χ1n) is 5.41. The number of aryl methyl sites for hydroxylation is 2. The molecule has 0 radical (unpaired) electrons. The normalized spacial score (nSPS) is 13.6. The number of hydrogen-bond acceptors (Lipinski definition) is 3. The van der Waals surface area contributed by atoms with E-state index in [0.717, 1.165) is 18.4 Å². The molecular formula is C12H13N3O2. The van der Waals surface area contributed by atoms with Crippen LogP contribution in [0, 0.1) is 0 Å². The Bertz CT molecular complexity index is 495. The summed E-state index contributed by atoms with van der Waals surface area (Å²) in [4.78, 5) is 21.3. The molecule has 0 aliphatic heterocycles. The Morgan fingerprint density at radius 2 is 2.06 bits per heavy atom. The highest BCUT2D eigenvalue weighted by Crippen LogP contribution is 2.22. The molecule has 1 aromatic rings. The molecule has 0 unspecified atom stereocenters. The lowest BCUT2D eigenvalue weighted by Crippen LogP contribution is -2.32. The standard InChI is InChI=1S/C12H13N3O2/c13-11(16)12(17)15-14-7-8-4-5-9-2-1-3-10(9)6-8/h4-7H,1-3H2,(H2,13,16)(H,15,17)/b14-7-. The maximum atomic E-state index is 10.8. The first-order chi connectivity index (χ1) is 8.16. The second kappa shape index (κ2) is 4.78. The highest BCUT2D eigenvalue weighted by atomic mass is 16.2. The van der Waals surface area contributed by atoms with E-state index >= 15 is 0 Å². The third kappa shape index (κ3) is 2.69. The van der Waals surface area contributed by atoms with Gasteiger partial charge in [0.05, 0.1) is 6.21 Å². The van der Waals surface area contributed by atoms with E-state index in [1.165, 1.54) is 23.8 Å². The average Bonchev–Trinajstić information content (AvgIpc) is 2.75. The van der Waals surface area contributed by atoms with Gasteiger partial charge in [0.1, 0.15) is 0 Å². The minimum absolute atomic E-state index is 0.899. The van der Waals surface area contributed by atoms with Crippen molar-refractivity contribution < 1.29 is 9.59 Å². The van der Waals surface area contributed by atoms with E-state index in [-0.39, 0.29) is 0 Å². The SMILES string of the molecule is NC(=O)C(=O)N/N=C\c1ccc2c(c1)CCC2. The van der Waals surface area contributed by atoms with E-state index in [1.807, 2.05) is 12.1 Å². The van der Waals surface area contributed by atoms with Crippen molar-refractivity contribution in [3.63, 3.8) is 0 Å². The van der Waals surface area contributed by atoms with Gasteiger partial charge in [0.2, 0.25) is 0 Å². The van der Waals surface area contributed by atoms with Gasteiger partial charge < -0.3 is 5.73 Å². The summed E-state index contributed by atoms with van der Waals surface area (Å²) in [5.41, 5.74) is 10.4. The first kappa shape index (κ1) is 11.3. The third-order valence-electron chi connectivity index (χ3n) is 2.73. The molecule has 1 aliphatic rings. The van der Waals surface area contributed by atoms with Crippen LogP contribution >= 0.6 is 0 Å². The zero-order chi connectivity index (χ0) is 12.3. The van der Waals surface area contributed by atoms with Gasteiger partial charge in [-0.25, -0.2) is 5.43 Å². The molecule has 0 saturated heterocycles. The van der Waals surface area contributed by atoms with Crippen LogP contribution in [0.4, 0.5) is 0 Å². The summed E-state index contributed by atoms with van der Waals surface area (Å²) in [5.74, 6) is -1.96. The van der Waals surface area contributed by atoms with Crippen LogP contribution in [0.3, 0.4) is 0 Å². The molecule has 88 valence electrons. The predicted octanol–water partition coefficient (Wildman–Crippen LogP) is 0.111. The topological polar surface area (TPSA) is 84.5 Å². The summed E-state index contributed by atoms with van der Waals surface area (Å²) in [6.07, 6.45) is 4.91. The monoisotopic (exact) mass is 231 g/mol. The number of nitrogens with two attached hydrogens (primary N) is 1. The minimum atomic E-state index is -1.05. The van der Waals surface area contributed by atoms with E-state index in [2.05, 4.69) is 16.6 Å². The molecule has 5 heteroatoms. The second-order valence-electron chi connectivity index (χ2n) is 3.95. The molecule has 3 N–H and O–H groups in total. The fourth-order valence-corrected chi connectivity index (χ4v) is 1.89. The van der Waals surface area contributed by atoms with Crippen LogP contribution in [0.25, 0.3) is 0 Å². The number of nitrogens with zero attached hydrogens (tertiary/aromatic N) is 1. The molecule has 0 bridgehead atoms. The smallest absolute Gasteiger partial charge is 0.329 e. The fraction of sp³-hybridized carbons (Fsp3) is 0.250. The summed E-state index contributed by atoms with van der Waals surface area (Å²) in [6, 6.07) is 6.05. The van der Waals surface area contributed by atoms with Gasteiger partial charge in [-0.2, -0.15) is 5.10 Å². The maximum Gasteiger partial charge on any atom is 0.329 e. The second-order valence-corrected chi connectivity index (χ2v) is 3.95. The number of amides is 2. The van der Waals surface area contributed by atoms with Crippen molar-refractivity contribution in [2.75, 3.05) is 0 Å². The third-order valence-corrected chi connectivity index (χ3v) is 2.73. The van der Waals surface area contributed by atoms with E-state index in [9.17, 15) is 9.59 Å². The van der Waals surface area contributed by atoms with Crippen LogP contribution in [0.5, 0.6) is 0 Å². The van der Waals surface area contributed by atoms with Crippen LogP contribution in [0.1, 0.15) is 23.1 Å². The first-order valence-corrected chi connectivity index (χ1v) is 5.41. The Morgan fingerprint density at radius 3 is 2.82 bits per heavy atom. The summed E-state index contributed by atoms with van der Waals surface area (Å²) in [5, 5.41) is 3.66. The van der Waals surface area contributed by atoms with E-state index in [1.54, 1.807) is 0 Å². The number of fused-ring (bicyclic) bond motifs is 1. The molecule has 0 saturated carbocycles. The Hall–Kier alpha value is -2.17. The fourth-order valence-electron chi connectivity index (χ4n) is 1.89. The lowest BCUT2D eigenvalue weighted by molar-refractivity contribution is -0.137. The predicted molar refractivity (Wildman–Crippen MR) is 63.4 cm³/mol. The molecule has 17 heavy (non-hydrogen) atoms. The Balaban J connectivity index is 2.02. The average molecular weight is 231 g/mol. The number of hydrogen-bond donors (Lipinski definition) is 2. The highest BCUT2D eigenvalue weighted by molar-refractivity contribution is 6.34. The van der Waals surface area contributed by atoms with E-state index in [0.29, 0.717) is 0 Å². The van der Waals surface area contributed by atoms with Crippen LogP contribution < -0.4 is 11.2 Å². The largest absolute Gasteiger partial charge is 0.361 e. The van der Waals surface area contributed by atoms with Gasteiger partial charge in [0.15, 0.2) is 0 Å². The molecule has 0 fully saturated rings. The molecule has 1 aliphatic carbocycles. The lowest BCUT2D eigenvalue weighted by Gasteiger charge is -2.00. The van der Waals surface area contributed by atoms with Crippen molar-refractivity contribution in [2.24, 2.45) is 10.8 Å². The summed E-state index contributed by atoms with van der Waals surface area (Å²) in [6.45, 7) is 0. The summed E-state index contributed by atoms with van der Waals surface area (Å²) in [7, 11) is 0. The van der Waals surface area contributed by atoms with Gasteiger partial charge >= 0.3 is 11.8 Å². The van der Waals surface area contributed by atoms with Crippen LogP contribution in [0.2, 0.25) is 0 Å². The minimum Gasteiger partial charge on any atom is -0.361 e. The van der Waals surface area contributed by atoms with Crippen molar-refractivity contribution in [1.29, 1.82) is 0 Å². The number of hydrazone groups is 1. The number of rotatable bonds is 2. The maximum absolute atomic E-state index is 10.8. The van der Waals surface area contributed by atoms with Crippen molar-refractivity contribution in [2.45, 2.75) is 19.3 Å². The zero-order valence-electron chi connectivity index (χ0n) is 9.27. The number of carbonyl (C=O) groups excluding carboxylic acids is 2. The molecule has 0 spiro atoms. The number of primary amides is 1. The van der Waals surface area contributed by atoms with Crippen molar-refractivity contribution >= 4 is 18.0 Å². The number of nitrogens with one attached hydrogen (secondary N) is 1. The lowest BCUT2D eigenvalue weighted by atomic mass is 10.1.